The second-order valence-corrected chi connectivity index (χ2v) is 6.48. The van der Waals surface area contributed by atoms with E-state index in [-0.39, 0.29) is 23.1 Å². The van der Waals surface area contributed by atoms with Gasteiger partial charge in [0.15, 0.2) is 5.82 Å². The van der Waals surface area contributed by atoms with Crippen LogP contribution in [0.1, 0.15) is 22.6 Å². The Bertz CT molecular complexity index is 902. The van der Waals surface area contributed by atoms with Crippen molar-refractivity contribution in [3.8, 4) is 6.07 Å². The molecular formula is C20H18FN3O2. The Morgan fingerprint density at radius 1 is 1.27 bits per heavy atom. The van der Waals surface area contributed by atoms with Crippen LogP contribution in [0.4, 0.5) is 10.1 Å². The Hall–Kier alpha value is -3.20. The first-order chi connectivity index (χ1) is 12.4. The summed E-state index contributed by atoms with van der Waals surface area (Å²) in [5.41, 5.74) is 1.72. The summed E-state index contributed by atoms with van der Waals surface area (Å²) < 4.78 is 14.2. The van der Waals surface area contributed by atoms with Gasteiger partial charge in [-0.05, 0) is 24.6 Å². The van der Waals surface area contributed by atoms with Gasteiger partial charge in [0.25, 0.3) is 0 Å². The van der Waals surface area contributed by atoms with Gasteiger partial charge in [-0.15, -0.1) is 0 Å². The molecule has 3 rings (SSSR count). The monoisotopic (exact) mass is 351 g/mol. The first kappa shape index (κ1) is 17.6. The van der Waals surface area contributed by atoms with E-state index in [1.807, 2.05) is 31.2 Å². The molecule has 1 N–H and O–H groups in total. The molecule has 0 saturated carbocycles. The van der Waals surface area contributed by atoms with Crippen molar-refractivity contribution < 1.29 is 14.0 Å². The van der Waals surface area contributed by atoms with Crippen molar-refractivity contribution in [3.05, 3.63) is 65.0 Å². The van der Waals surface area contributed by atoms with Crippen LogP contribution in [0.2, 0.25) is 0 Å². The highest BCUT2D eigenvalue weighted by molar-refractivity contribution is 6.08. The van der Waals surface area contributed by atoms with Crippen LogP contribution in [0.3, 0.4) is 0 Å². The van der Waals surface area contributed by atoms with Gasteiger partial charge in [0.2, 0.25) is 11.8 Å². The molecule has 2 atom stereocenters. The number of hydrogen-bond acceptors (Lipinski definition) is 3. The van der Waals surface area contributed by atoms with Crippen LogP contribution in [0, 0.1) is 30.0 Å². The predicted octanol–water partition coefficient (Wildman–Crippen LogP) is 2.82. The van der Waals surface area contributed by atoms with E-state index < -0.39 is 17.6 Å². The molecule has 0 aromatic heterocycles. The van der Waals surface area contributed by atoms with Gasteiger partial charge in [-0.1, -0.05) is 35.9 Å². The molecule has 1 heterocycles. The van der Waals surface area contributed by atoms with Crippen molar-refractivity contribution in [3.63, 3.8) is 0 Å². The summed E-state index contributed by atoms with van der Waals surface area (Å²) >= 11 is 0. The molecule has 0 radical (unpaired) electrons. The van der Waals surface area contributed by atoms with Gasteiger partial charge in [0.05, 0.1) is 11.3 Å². The molecule has 5 nitrogen and oxygen atoms in total. The highest BCUT2D eigenvalue weighted by Gasteiger charge is 2.44. The first-order valence-electron chi connectivity index (χ1n) is 8.23. The third-order valence-electron chi connectivity index (χ3n) is 4.68. The third-order valence-corrected chi connectivity index (χ3v) is 4.68. The van der Waals surface area contributed by atoms with Crippen LogP contribution in [0.15, 0.2) is 42.5 Å². The fourth-order valence-corrected chi connectivity index (χ4v) is 3.23. The number of rotatable bonds is 3. The lowest BCUT2D eigenvalue weighted by molar-refractivity contribution is -0.135. The number of aryl methyl sites for hydroxylation is 1. The molecular weight excluding hydrogens is 333 g/mol. The standard InChI is InChI=1S/C20H18FN3O2/c1-12-6-8-13(9-7-12)15-11-24(2)20(26)17(15)19(25)23-16-5-3-4-14(10-22)18(16)21/h3-9,15,17H,11H2,1-2H3,(H,23,25)/t15-,17+/m1/s1. The van der Waals surface area contributed by atoms with Crippen molar-refractivity contribution in [1.29, 1.82) is 5.26 Å². The largest absolute Gasteiger partial charge is 0.344 e. The highest BCUT2D eigenvalue weighted by Crippen LogP contribution is 2.34. The highest BCUT2D eigenvalue weighted by atomic mass is 19.1. The quantitative estimate of drug-likeness (QED) is 0.864. The normalized spacial score (nSPS) is 19.3. The van der Waals surface area contributed by atoms with E-state index >= 15 is 0 Å². The van der Waals surface area contributed by atoms with E-state index in [1.165, 1.54) is 23.1 Å². The number of nitriles is 1. The van der Waals surface area contributed by atoms with Crippen LogP contribution in [-0.4, -0.2) is 30.3 Å². The molecule has 2 amide bonds. The number of nitrogens with zero attached hydrogens (tertiary/aromatic N) is 2. The van der Waals surface area contributed by atoms with Gasteiger partial charge in [-0.2, -0.15) is 5.26 Å². The number of amides is 2. The van der Waals surface area contributed by atoms with E-state index in [4.69, 9.17) is 5.26 Å². The smallest absolute Gasteiger partial charge is 0.237 e. The third kappa shape index (κ3) is 3.16. The summed E-state index contributed by atoms with van der Waals surface area (Å²) in [5, 5.41) is 11.4. The van der Waals surface area contributed by atoms with Crippen molar-refractivity contribution in [2.24, 2.45) is 5.92 Å². The van der Waals surface area contributed by atoms with Crippen molar-refractivity contribution in [2.75, 3.05) is 18.9 Å². The van der Waals surface area contributed by atoms with E-state index in [1.54, 1.807) is 13.1 Å². The average Bonchev–Trinajstić information content (AvgIpc) is 2.92. The van der Waals surface area contributed by atoms with Gasteiger partial charge in [-0.25, -0.2) is 4.39 Å². The van der Waals surface area contributed by atoms with Gasteiger partial charge in [0.1, 0.15) is 12.0 Å². The molecule has 0 bridgehead atoms. The Labute approximate surface area is 151 Å². The lowest BCUT2D eigenvalue weighted by atomic mass is 9.87. The molecule has 2 aromatic carbocycles. The van der Waals surface area contributed by atoms with Crippen LogP contribution < -0.4 is 5.32 Å². The fourth-order valence-electron chi connectivity index (χ4n) is 3.23. The number of likely N-dealkylation sites (N-methyl/N-ethyl adjacent to an activating group) is 1. The Morgan fingerprint density at radius 2 is 1.96 bits per heavy atom. The predicted molar refractivity (Wildman–Crippen MR) is 94.8 cm³/mol. The molecule has 0 unspecified atom stereocenters. The fraction of sp³-hybridized carbons (Fsp3) is 0.250. The first-order valence-corrected chi connectivity index (χ1v) is 8.23. The molecule has 2 aromatic rings. The van der Waals surface area contributed by atoms with E-state index in [9.17, 15) is 14.0 Å². The number of halogens is 1. The minimum absolute atomic E-state index is 0.0981. The molecule has 132 valence electrons. The Kier molecular flexibility index (Phi) is 4.72. The summed E-state index contributed by atoms with van der Waals surface area (Å²) in [5.74, 6) is -2.92. The van der Waals surface area contributed by atoms with Crippen LogP contribution in [0.25, 0.3) is 0 Å². The lowest BCUT2D eigenvalue weighted by Crippen LogP contribution is -2.33. The number of anilines is 1. The number of carbonyl (C=O) groups is 2. The minimum Gasteiger partial charge on any atom is -0.344 e. The maximum Gasteiger partial charge on any atom is 0.237 e. The summed E-state index contributed by atoms with van der Waals surface area (Å²) in [7, 11) is 1.65. The molecule has 1 fully saturated rings. The van der Waals surface area contributed by atoms with E-state index in [2.05, 4.69) is 5.32 Å². The zero-order valence-electron chi connectivity index (χ0n) is 14.5. The number of likely N-dealkylation sites (tertiary alicyclic amines) is 1. The van der Waals surface area contributed by atoms with Gasteiger partial charge < -0.3 is 10.2 Å². The number of hydrogen-bond donors (Lipinski definition) is 1. The molecule has 26 heavy (non-hydrogen) atoms. The van der Waals surface area contributed by atoms with Gasteiger partial charge >= 0.3 is 0 Å². The van der Waals surface area contributed by atoms with E-state index in [0.29, 0.717) is 6.54 Å². The summed E-state index contributed by atoms with van der Waals surface area (Å²) in [6, 6.07) is 13.6. The molecule has 1 aliphatic heterocycles. The maximum atomic E-state index is 14.2. The molecule has 1 aliphatic rings. The second kappa shape index (κ2) is 6.96. The molecule has 1 saturated heterocycles. The molecule has 0 spiro atoms. The van der Waals surface area contributed by atoms with Crippen molar-refractivity contribution in [2.45, 2.75) is 12.8 Å². The van der Waals surface area contributed by atoms with Crippen LogP contribution in [-0.2, 0) is 9.59 Å². The van der Waals surface area contributed by atoms with Crippen LogP contribution in [0.5, 0.6) is 0 Å². The lowest BCUT2D eigenvalue weighted by Gasteiger charge is -2.17. The summed E-state index contributed by atoms with van der Waals surface area (Å²) in [6.07, 6.45) is 0. The van der Waals surface area contributed by atoms with E-state index in [0.717, 1.165) is 11.1 Å². The minimum atomic E-state index is -0.937. The zero-order valence-corrected chi connectivity index (χ0v) is 14.5. The molecule has 0 aliphatic carbocycles. The van der Waals surface area contributed by atoms with Gasteiger partial charge in [0, 0.05) is 19.5 Å². The van der Waals surface area contributed by atoms with Gasteiger partial charge in [-0.3, -0.25) is 9.59 Å². The number of nitrogens with one attached hydrogen (secondary N) is 1. The average molecular weight is 351 g/mol. The Balaban J connectivity index is 1.90. The zero-order chi connectivity index (χ0) is 18.8. The van der Waals surface area contributed by atoms with Crippen molar-refractivity contribution >= 4 is 17.5 Å². The second-order valence-electron chi connectivity index (χ2n) is 6.48. The number of carbonyl (C=O) groups excluding carboxylic acids is 2. The Morgan fingerprint density at radius 3 is 2.62 bits per heavy atom. The number of benzene rings is 2. The topological polar surface area (TPSA) is 73.2 Å². The summed E-state index contributed by atoms with van der Waals surface area (Å²) in [4.78, 5) is 26.8. The molecule has 6 heteroatoms. The maximum absolute atomic E-state index is 14.2. The summed E-state index contributed by atoms with van der Waals surface area (Å²) in [6.45, 7) is 2.38. The SMILES string of the molecule is Cc1ccc([C@H]2CN(C)C(=O)[C@@H]2C(=O)Nc2cccc(C#N)c2F)cc1. The van der Waals surface area contributed by atoms with Crippen molar-refractivity contribution in [1.82, 2.24) is 4.90 Å². The van der Waals surface area contributed by atoms with Crippen LogP contribution >= 0.6 is 0 Å².